The number of aromatic nitrogens is 2. The van der Waals surface area contributed by atoms with Gasteiger partial charge in [-0.2, -0.15) is 0 Å². The first kappa shape index (κ1) is 15.1. The van der Waals surface area contributed by atoms with Gasteiger partial charge in [0, 0.05) is 18.2 Å². The number of nitrogens with zero attached hydrogens (tertiary/aromatic N) is 2. The molecule has 0 atom stereocenters. The van der Waals surface area contributed by atoms with Crippen molar-refractivity contribution in [3.8, 4) is 0 Å². The molecule has 0 amide bonds. The Morgan fingerprint density at radius 1 is 1.18 bits per heavy atom. The highest BCUT2D eigenvalue weighted by atomic mass is 15.2. The summed E-state index contributed by atoms with van der Waals surface area (Å²) < 4.78 is 2.35. The van der Waals surface area contributed by atoms with E-state index in [4.69, 9.17) is 10.7 Å². The molecule has 1 aliphatic rings. The maximum absolute atomic E-state index is 6.30. The number of anilines is 1. The summed E-state index contributed by atoms with van der Waals surface area (Å²) in [6.45, 7) is 4.54. The van der Waals surface area contributed by atoms with E-state index in [2.05, 4.69) is 48.7 Å². The molecular weight excluding hydrogens is 270 g/mol. The van der Waals surface area contributed by atoms with Crippen LogP contribution in [0.5, 0.6) is 0 Å². The lowest BCUT2D eigenvalue weighted by Gasteiger charge is -2.18. The lowest BCUT2D eigenvalue weighted by Crippen LogP contribution is -2.14. The molecule has 2 aromatic rings. The van der Waals surface area contributed by atoms with E-state index in [0.29, 0.717) is 17.9 Å². The Bertz CT molecular complexity index is 607. The second-order valence-electron chi connectivity index (χ2n) is 6.93. The predicted molar refractivity (Wildman–Crippen MR) is 91.9 cm³/mol. The highest BCUT2D eigenvalue weighted by Gasteiger charge is 2.25. The molecule has 3 rings (SSSR count). The van der Waals surface area contributed by atoms with Crippen LogP contribution in [0.1, 0.15) is 62.5 Å². The van der Waals surface area contributed by atoms with Gasteiger partial charge >= 0.3 is 0 Å². The fourth-order valence-electron chi connectivity index (χ4n) is 3.64. The largest absolute Gasteiger partial charge is 0.369 e. The summed E-state index contributed by atoms with van der Waals surface area (Å²) in [7, 11) is 0. The van der Waals surface area contributed by atoms with E-state index >= 15 is 0 Å². The van der Waals surface area contributed by atoms with Gasteiger partial charge in [-0.3, -0.25) is 0 Å². The van der Waals surface area contributed by atoms with Gasteiger partial charge in [-0.1, -0.05) is 57.0 Å². The van der Waals surface area contributed by atoms with E-state index in [1.807, 2.05) is 0 Å². The fourth-order valence-corrected chi connectivity index (χ4v) is 3.64. The zero-order chi connectivity index (χ0) is 15.5. The van der Waals surface area contributed by atoms with Crippen molar-refractivity contribution in [2.45, 2.75) is 58.4 Å². The Morgan fingerprint density at radius 3 is 2.50 bits per heavy atom. The van der Waals surface area contributed by atoms with E-state index in [0.717, 1.165) is 12.8 Å². The topological polar surface area (TPSA) is 43.8 Å². The SMILES string of the molecule is CC(C)Cc1c(Cc2ccccc2)nc(N)n1C1CCCC1. The van der Waals surface area contributed by atoms with E-state index < -0.39 is 0 Å². The Labute approximate surface area is 133 Å². The van der Waals surface area contributed by atoms with Crippen molar-refractivity contribution in [3.63, 3.8) is 0 Å². The molecule has 0 saturated heterocycles. The highest BCUT2D eigenvalue weighted by Crippen LogP contribution is 2.34. The second-order valence-corrected chi connectivity index (χ2v) is 6.93. The van der Waals surface area contributed by atoms with Crippen LogP contribution in [0.3, 0.4) is 0 Å². The van der Waals surface area contributed by atoms with Gasteiger partial charge in [0.2, 0.25) is 5.95 Å². The first-order valence-corrected chi connectivity index (χ1v) is 8.54. The van der Waals surface area contributed by atoms with E-state index in [1.165, 1.54) is 42.6 Å². The number of benzene rings is 1. The summed E-state index contributed by atoms with van der Waals surface area (Å²) in [6, 6.07) is 11.1. The average Bonchev–Trinajstić information content (AvgIpc) is 3.09. The number of nitrogens with two attached hydrogens (primary N) is 1. The minimum Gasteiger partial charge on any atom is -0.369 e. The quantitative estimate of drug-likeness (QED) is 0.890. The summed E-state index contributed by atoms with van der Waals surface area (Å²) >= 11 is 0. The van der Waals surface area contributed by atoms with Gasteiger partial charge in [0.25, 0.3) is 0 Å². The maximum atomic E-state index is 6.30. The van der Waals surface area contributed by atoms with Crippen molar-refractivity contribution in [2.75, 3.05) is 5.73 Å². The number of hydrogen-bond donors (Lipinski definition) is 1. The monoisotopic (exact) mass is 297 g/mol. The molecule has 3 heteroatoms. The van der Waals surface area contributed by atoms with Crippen LogP contribution in [-0.4, -0.2) is 9.55 Å². The van der Waals surface area contributed by atoms with Crippen LogP contribution in [0.15, 0.2) is 30.3 Å². The van der Waals surface area contributed by atoms with Gasteiger partial charge < -0.3 is 10.3 Å². The van der Waals surface area contributed by atoms with Crippen molar-refractivity contribution in [1.82, 2.24) is 9.55 Å². The van der Waals surface area contributed by atoms with Gasteiger partial charge in [0.1, 0.15) is 0 Å². The molecule has 1 aromatic heterocycles. The second kappa shape index (κ2) is 6.55. The Hall–Kier alpha value is -1.77. The molecule has 22 heavy (non-hydrogen) atoms. The lowest BCUT2D eigenvalue weighted by molar-refractivity contribution is 0.489. The Morgan fingerprint density at radius 2 is 1.86 bits per heavy atom. The van der Waals surface area contributed by atoms with Crippen molar-refractivity contribution in [1.29, 1.82) is 0 Å². The van der Waals surface area contributed by atoms with Crippen LogP contribution in [0.25, 0.3) is 0 Å². The van der Waals surface area contributed by atoms with Crippen molar-refractivity contribution >= 4 is 5.95 Å². The summed E-state index contributed by atoms with van der Waals surface area (Å²) in [6.07, 6.45) is 7.07. The van der Waals surface area contributed by atoms with Gasteiger partial charge in [0.15, 0.2) is 0 Å². The van der Waals surface area contributed by atoms with Gasteiger partial charge in [0.05, 0.1) is 5.69 Å². The zero-order valence-corrected chi connectivity index (χ0v) is 13.8. The van der Waals surface area contributed by atoms with E-state index in [9.17, 15) is 0 Å². The predicted octanol–water partition coefficient (Wildman–Crippen LogP) is 4.37. The molecule has 2 N–H and O–H groups in total. The number of hydrogen-bond acceptors (Lipinski definition) is 2. The van der Waals surface area contributed by atoms with Crippen molar-refractivity contribution in [2.24, 2.45) is 5.92 Å². The van der Waals surface area contributed by atoms with Crippen LogP contribution in [-0.2, 0) is 12.8 Å². The normalized spacial score (nSPS) is 15.8. The summed E-state index contributed by atoms with van der Waals surface area (Å²) in [5.74, 6) is 1.33. The molecule has 1 aliphatic carbocycles. The molecule has 0 spiro atoms. The van der Waals surface area contributed by atoms with Gasteiger partial charge in [-0.05, 0) is 30.7 Å². The third kappa shape index (κ3) is 3.18. The molecule has 3 nitrogen and oxygen atoms in total. The van der Waals surface area contributed by atoms with Crippen LogP contribution >= 0.6 is 0 Å². The molecule has 1 saturated carbocycles. The van der Waals surface area contributed by atoms with Gasteiger partial charge in [-0.15, -0.1) is 0 Å². The van der Waals surface area contributed by atoms with Crippen molar-refractivity contribution in [3.05, 3.63) is 47.3 Å². The third-order valence-corrected chi connectivity index (χ3v) is 4.63. The number of nitrogen functional groups attached to an aromatic ring is 1. The number of imidazole rings is 1. The van der Waals surface area contributed by atoms with Crippen LogP contribution in [0.4, 0.5) is 5.95 Å². The molecule has 1 heterocycles. The minimum atomic E-state index is 0.561. The Balaban J connectivity index is 1.96. The van der Waals surface area contributed by atoms with Crippen LogP contribution < -0.4 is 5.73 Å². The summed E-state index contributed by atoms with van der Waals surface area (Å²) in [5, 5.41) is 0. The first-order chi connectivity index (χ1) is 10.6. The standard InChI is InChI=1S/C19H27N3/c1-14(2)12-18-17(13-15-8-4-3-5-9-15)21-19(20)22(18)16-10-6-7-11-16/h3-5,8-9,14,16H,6-7,10-13H2,1-2H3,(H2,20,21). The highest BCUT2D eigenvalue weighted by molar-refractivity contribution is 5.34. The molecule has 118 valence electrons. The molecule has 0 radical (unpaired) electrons. The molecule has 1 aromatic carbocycles. The average molecular weight is 297 g/mol. The van der Waals surface area contributed by atoms with Crippen LogP contribution in [0, 0.1) is 5.92 Å². The minimum absolute atomic E-state index is 0.561. The zero-order valence-electron chi connectivity index (χ0n) is 13.8. The maximum Gasteiger partial charge on any atom is 0.200 e. The molecular formula is C19H27N3. The Kier molecular flexibility index (Phi) is 4.51. The number of rotatable bonds is 5. The summed E-state index contributed by atoms with van der Waals surface area (Å²) in [4.78, 5) is 4.74. The molecule has 0 bridgehead atoms. The molecule has 0 unspecified atom stereocenters. The fraction of sp³-hybridized carbons (Fsp3) is 0.526. The summed E-state index contributed by atoms with van der Waals surface area (Å²) in [5.41, 5.74) is 10.1. The van der Waals surface area contributed by atoms with E-state index in [-0.39, 0.29) is 0 Å². The molecule has 0 aliphatic heterocycles. The smallest absolute Gasteiger partial charge is 0.200 e. The van der Waals surface area contributed by atoms with Crippen molar-refractivity contribution < 1.29 is 0 Å². The van der Waals surface area contributed by atoms with Gasteiger partial charge in [-0.25, -0.2) is 4.98 Å². The van der Waals surface area contributed by atoms with E-state index in [1.54, 1.807) is 0 Å². The first-order valence-electron chi connectivity index (χ1n) is 8.54. The lowest BCUT2D eigenvalue weighted by atomic mass is 10.0. The molecule has 1 fully saturated rings. The third-order valence-electron chi connectivity index (χ3n) is 4.63. The van der Waals surface area contributed by atoms with Crippen LogP contribution in [0.2, 0.25) is 0 Å².